The van der Waals surface area contributed by atoms with Gasteiger partial charge in [0, 0.05) is 38.2 Å². The number of halogens is 4. The van der Waals surface area contributed by atoms with Crippen LogP contribution in [0.5, 0.6) is 0 Å². The van der Waals surface area contributed by atoms with Crippen LogP contribution >= 0.6 is 11.6 Å². The van der Waals surface area contributed by atoms with Gasteiger partial charge >= 0.3 is 6.18 Å². The quantitative estimate of drug-likeness (QED) is 0.779. The Hall–Kier alpha value is -1.64. The van der Waals surface area contributed by atoms with Crippen molar-refractivity contribution in [3.63, 3.8) is 0 Å². The minimum atomic E-state index is -4.37. The summed E-state index contributed by atoms with van der Waals surface area (Å²) in [5.41, 5.74) is -0.192. The molecule has 1 aromatic carbocycles. The summed E-state index contributed by atoms with van der Waals surface area (Å²) in [5, 5.41) is 8.37. The van der Waals surface area contributed by atoms with Gasteiger partial charge in [0.05, 0.1) is 18.2 Å². The second kappa shape index (κ2) is 7.31. The molecule has 0 radical (unpaired) electrons. The Bertz CT molecular complexity index is 728. The lowest BCUT2D eigenvalue weighted by Crippen LogP contribution is -2.47. The summed E-state index contributed by atoms with van der Waals surface area (Å²) in [6, 6.07) is 3.65. The predicted molar refractivity (Wildman–Crippen MR) is 86.4 cm³/mol. The summed E-state index contributed by atoms with van der Waals surface area (Å²) in [6.45, 7) is 2.37. The molecule has 1 saturated heterocycles. The van der Waals surface area contributed by atoms with Gasteiger partial charge in [0.1, 0.15) is 12.2 Å². The van der Waals surface area contributed by atoms with E-state index in [0.29, 0.717) is 43.2 Å². The average molecular weight is 375 g/mol. The standard InChI is InChI=1S/C16H18ClF3N4O/c1-25-5-4-15-22-21-10-24(15)13-8-23(9-13)7-11-6-12(16(18,19)20)2-3-14(11)17/h2-3,6,10,13H,4-5,7-9H2,1H3. The molecule has 5 nitrogen and oxygen atoms in total. The van der Waals surface area contributed by atoms with E-state index in [1.54, 1.807) is 13.4 Å². The molecule has 0 amide bonds. The van der Waals surface area contributed by atoms with Crippen LogP contribution in [0, 0.1) is 0 Å². The lowest BCUT2D eigenvalue weighted by molar-refractivity contribution is -0.137. The lowest BCUT2D eigenvalue weighted by atomic mass is 10.0. The highest BCUT2D eigenvalue weighted by molar-refractivity contribution is 6.31. The SMILES string of the molecule is COCCc1nncn1C1CN(Cc2cc(C(F)(F)F)ccc2Cl)C1. The first-order chi connectivity index (χ1) is 11.9. The summed E-state index contributed by atoms with van der Waals surface area (Å²) in [7, 11) is 1.63. The minimum Gasteiger partial charge on any atom is -0.384 e. The van der Waals surface area contributed by atoms with Crippen LogP contribution in [-0.4, -0.2) is 46.5 Å². The molecule has 136 valence electrons. The van der Waals surface area contributed by atoms with Crippen molar-refractivity contribution in [1.82, 2.24) is 19.7 Å². The van der Waals surface area contributed by atoms with E-state index < -0.39 is 11.7 Å². The Labute approximate surface area is 148 Å². The van der Waals surface area contributed by atoms with Gasteiger partial charge in [-0.25, -0.2) is 0 Å². The Morgan fingerprint density at radius 3 is 2.76 bits per heavy atom. The van der Waals surface area contributed by atoms with Crippen LogP contribution in [0.1, 0.15) is 23.0 Å². The molecular weight excluding hydrogens is 357 g/mol. The van der Waals surface area contributed by atoms with Crippen molar-refractivity contribution in [1.29, 1.82) is 0 Å². The van der Waals surface area contributed by atoms with Crippen LogP contribution in [-0.2, 0) is 23.9 Å². The van der Waals surface area contributed by atoms with Crippen molar-refractivity contribution in [2.75, 3.05) is 26.8 Å². The third kappa shape index (κ3) is 4.13. The molecule has 0 atom stereocenters. The summed E-state index contributed by atoms with van der Waals surface area (Å²) in [6.07, 6.45) is -2.01. The molecule has 0 unspecified atom stereocenters. The zero-order valence-corrected chi connectivity index (χ0v) is 14.4. The minimum absolute atomic E-state index is 0.214. The molecule has 2 heterocycles. The molecule has 2 aromatic rings. The molecule has 0 spiro atoms. The van der Waals surface area contributed by atoms with Crippen LogP contribution < -0.4 is 0 Å². The first-order valence-electron chi connectivity index (χ1n) is 7.83. The largest absolute Gasteiger partial charge is 0.416 e. The van der Waals surface area contributed by atoms with Crippen molar-refractivity contribution in [2.45, 2.75) is 25.2 Å². The number of benzene rings is 1. The third-order valence-electron chi connectivity index (χ3n) is 4.28. The Morgan fingerprint density at radius 1 is 1.32 bits per heavy atom. The second-order valence-corrected chi connectivity index (χ2v) is 6.46. The maximum atomic E-state index is 12.8. The average Bonchev–Trinajstić information content (AvgIpc) is 2.96. The number of hydrogen-bond acceptors (Lipinski definition) is 4. The van der Waals surface area contributed by atoms with Gasteiger partial charge in [-0.15, -0.1) is 10.2 Å². The summed E-state index contributed by atoms with van der Waals surface area (Å²) < 4.78 is 45.6. The Balaban J connectivity index is 1.62. The molecule has 0 saturated carbocycles. The predicted octanol–water partition coefficient (Wildman–Crippen LogP) is 3.20. The molecule has 0 aliphatic carbocycles. The molecule has 1 aromatic heterocycles. The van der Waals surface area contributed by atoms with Gasteiger partial charge in [-0.2, -0.15) is 13.2 Å². The fourth-order valence-electron chi connectivity index (χ4n) is 2.90. The summed E-state index contributed by atoms with van der Waals surface area (Å²) in [5.74, 6) is 0.851. The van der Waals surface area contributed by atoms with Gasteiger partial charge in [-0.3, -0.25) is 4.90 Å². The van der Waals surface area contributed by atoms with Crippen LogP contribution in [0.2, 0.25) is 5.02 Å². The molecular formula is C16H18ClF3N4O. The first kappa shape index (κ1) is 18.2. The van der Waals surface area contributed by atoms with Crippen molar-refractivity contribution in [2.24, 2.45) is 0 Å². The van der Waals surface area contributed by atoms with Crippen LogP contribution in [0.4, 0.5) is 13.2 Å². The maximum absolute atomic E-state index is 12.8. The molecule has 3 rings (SSSR count). The zero-order valence-electron chi connectivity index (χ0n) is 13.6. The van der Waals surface area contributed by atoms with Gasteiger partial charge in [-0.1, -0.05) is 11.6 Å². The van der Waals surface area contributed by atoms with Crippen molar-refractivity contribution >= 4 is 11.6 Å². The van der Waals surface area contributed by atoms with Crippen LogP contribution in [0.15, 0.2) is 24.5 Å². The highest BCUT2D eigenvalue weighted by atomic mass is 35.5. The number of aromatic nitrogens is 3. The van der Waals surface area contributed by atoms with Crippen LogP contribution in [0.3, 0.4) is 0 Å². The lowest BCUT2D eigenvalue weighted by Gasteiger charge is -2.40. The zero-order chi connectivity index (χ0) is 18.0. The van der Waals surface area contributed by atoms with E-state index in [0.717, 1.165) is 18.0 Å². The van der Waals surface area contributed by atoms with E-state index in [9.17, 15) is 13.2 Å². The van der Waals surface area contributed by atoms with E-state index in [4.69, 9.17) is 16.3 Å². The number of rotatable bonds is 6. The summed E-state index contributed by atoms with van der Waals surface area (Å²) >= 11 is 6.06. The van der Waals surface area contributed by atoms with Crippen LogP contribution in [0.25, 0.3) is 0 Å². The molecule has 9 heteroatoms. The Kier molecular flexibility index (Phi) is 5.31. The van der Waals surface area contributed by atoms with E-state index in [1.165, 1.54) is 6.07 Å². The van der Waals surface area contributed by atoms with Crippen molar-refractivity contribution in [3.8, 4) is 0 Å². The molecule has 1 fully saturated rings. The van der Waals surface area contributed by atoms with E-state index in [2.05, 4.69) is 10.2 Å². The van der Waals surface area contributed by atoms with Gasteiger partial charge in [0.25, 0.3) is 0 Å². The fraction of sp³-hybridized carbons (Fsp3) is 0.500. The number of nitrogens with zero attached hydrogens (tertiary/aromatic N) is 4. The van der Waals surface area contributed by atoms with E-state index in [1.807, 2.05) is 9.47 Å². The number of methoxy groups -OCH3 is 1. The molecule has 0 bridgehead atoms. The molecule has 1 aliphatic heterocycles. The smallest absolute Gasteiger partial charge is 0.384 e. The first-order valence-corrected chi connectivity index (χ1v) is 8.21. The van der Waals surface area contributed by atoms with Gasteiger partial charge in [-0.05, 0) is 23.8 Å². The molecule has 0 N–H and O–H groups in total. The van der Waals surface area contributed by atoms with Gasteiger partial charge in [0.2, 0.25) is 0 Å². The normalized spacial score (nSPS) is 16.2. The van der Waals surface area contributed by atoms with Gasteiger partial charge in [0.15, 0.2) is 0 Å². The van der Waals surface area contributed by atoms with E-state index in [-0.39, 0.29) is 6.04 Å². The molecule has 25 heavy (non-hydrogen) atoms. The van der Waals surface area contributed by atoms with Crippen molar-refractivity contribution < 1.29 is 17.9 Å². The van der Waals surface area contributed by atoms with E-state index >= 15 is 0 Å². The number of hydrogen-bond donors (Lipinski definition) is 0. The summed E-state index contributed by atoms with van der Waals surface area (Å²) in [4.78, 5) is 2.05. The molecule has 1 aliphatic rings. The number of alkyl halides is 3. The third-order valence-corrected chi connectivity index (χ3v) is 4.64. The highest BCUT2D eigenvalue weighted by Gasteiger charge is 2.33. The Morgan fingerprint density at radius 2 is 2.08 bits per heavy atom. The topological polar surface area (TPSA) is 43.2 Å². The fourth-order valence-corrected chi connectivity index (χ4v) is 3.08. The second-order valence-electron chi connectivity index (χ2n) is 6.05. The monoisotopic (exact) mass is 374 g/mol. The maximum Gasteiger partial charge on any atom is 0.416 e. The van der Waals surface area contributed by atoms with Crippen molar-refractivity contribution in [3.05, 3.63) is 46.5 Å². The highest BCUT2D eigenvalue weighted by Crippen LogP contribution is 2.33. The number of likely N-dealkylation sites (tertiary alicyclic amines) is 1. The van der Waals surface area contributed by atoms with Gasteiger partial charge < -0.3 is 9.30 Å². The number of ether oxygens (including phenoxy) is 1.